The smallest absolute Gasteiger partial charge is 0.254 e. The minimum absolute atomic E-state index is 0.0229. The summed E-state index contributed by atoms with van der Waals surface area (Å²) in [5.74, 6) is -0.145. The number of benzene rings is 1. The maximum atomic E-state index is 11.9. The molecule has 2 fully saturated rings. The summed E-state index contributed by atoms with van der Waals surface area (Å²) < 4.78 is -0.845. The highest BCUT2D eigenvalue weighted by molar-refractivity contribution is 6.53. The largest absolute Gasteiger partial charge is 0.294 e. The zero-order valence-electron chi connectivity index (χ0n) is 12.9. The fourth-order valence-electron chi connectivity index (χ4n) is 3.17. The standard InChI is InChI=1S/C17H21Cl2N3O/c18-17(19)14(16(17)13-7-3-1-4-8-13)11-20-21-15(23)12-22-9-5-2-6-10-22/h1,3-4,7-8,11,14,16H,2,5-6,9-10,12H2,(H,21,23)/b20-11+. The van der Waals surface area contributed by atoms with Crippen LogP contribution in [-0.2, 0) is 4.79 Å². The van der Waals surface area contributed by atoms with Gasteiger partial charge in [-0.1, -0.05) is 36.8 Å². The summed E-state index contributed by atoms with van der Waals surface area (Å²) in [6.07, 6.45) is 5.24. The summed E-state index contributed by atoms with van der Waals surface area (Å²) in [6.45, 7) is 2.38. The minimum atomic E-state index is -0.845. The number of hydrogen-bond donors (Lipinski definition) is 1. The van der Waals surface area contributed by atoms with Gasteiger partial charge in [-0.05, 0) is 31.5 Å². The van der Waals surface area contributed by atoms with E-state index >= 15 is 0 Å². The number of rotatable bonds is 5. The van der Waals surface area contributed by atoms with Gasteiger partial charge in [0.1, 0.15) is 4.33 Å². The highest BCUT2D eigenvalue weighted by Crippen LogP contribution is 2.63. The molecule has 3 rings (SSSR count). The summed E-state index contributed by atoms with van der Waals surface area (Å²) in [6, 6.07) is 9.90. The Morgan fingerprint density at radius 1 is 1.26 bits per heavy atom. The molecule has 1 N–H and O–H groups in total. The second kappa shape index (κ2) is 7.20. The van der Waals surface area contributed by atoms with Crippen LogP contribution in [0, 0.1) is 5.92 Å². The van der Waals surface area contributed by atoms with Crippen LogP contribution in [0.2, 0.25) is 0 Å². The molecule has 2 atom stereocenters. The van der Waals surface area contributed by atoms with E-state index in [9.17, 15) is 4.79 Å². The van der Waals surface area contributed by atoms with E-state index < -0.39 is 4.33 Å². The zero-order valence-corrected chi connectivity index (χ0v) is 14.4. The third-order valence-electron chi connectivity index (χ3n) is 4.51. The third kappa shape index (κ3) is 4.06. The maximum absolute atomic E-state index is 11.9. The molecule has 1 aromatic rings. The van der Waals surface area contributed by atoms with Crippen molar-refractivity contribution in [3.05, 3.63) is 35.9 Å². The number of carbonyl (C=O) groups excluding carboxylic acids is 1. The monoisotopic (exact) mass is 353 g/mol. The van der Waals surface area contributed by atoms with E-state index in [0.717, 1.165) is 18.7 Å². The Labute approximate surface area is 146 Å². The van der Waals surface area contributed by atoms with Crippen molar-refractivity contribution in [2.45, 2.75) is 29.5 Å². The van der Waals surface area contributed by atoms with E-state index in [0.29, 0.717) is 6.54 Å². The van der Waals surface area contributed by atoms with Crippen LogP contribution in [0.15, 0.2) is 35.4 Å². The Kier molecular flexibility index (Phi) is 5.24. The zero-order chi connectivity index (χ0) is 16.3. The molecule has 0 radical (unpaired) electrons. The molecule has 0 spiro atoms. The van der Waals surface area contributed by atoms with Crippen molar-refractivity contribution in [2.24, 2.45) is 11.0 Å². The summed E-state index contributed by atoms with van der Waals surface area (Å²) in [5.41, 5.74) is 3.67. The topological polar surface area (TPSA) is 44.7 Å². The van der Waals surface area contributed by atoms with Gasteiger partial charge in [-0.25, -0.2) is 5.43 Å². The fourth-order valence-corrected chi connectivity index (χ4v) is 3.93. The SMILES string of the molecule is O=C(CN1CCCCC1)N/N=C/C1C(c2ccccc2)C1(Cl)Cl. The Balaban J connectivity index is 1.49. The van der Waals surface area contributed by atoms with Gasteiger partial charge in [-0.2, -0.15) is 5.10 Å². The van der Waals surface area contributed by atoms with E-state index in [1.165, 1.54) is 19.3 Å². The quantitative estimate of drug-likeness (QED) is 0.502. The summed E-state index contributed by atoms with van der Waals surface area (Å²) in [5, 5.41) is 4.05. The number of nitrogens with one attached hydrogen (secondary N) is 1. The molecular weight excluding hydrogens is 333 g/mol. The molecule has 1 saturated heterocycles. The van der Waals surface area contributed by atoms with Crippen molar-refractivity contribution < 1.29 is 4.79 Å². The van der Waals surface area contributed by atoms with Crippen molar-refractivity contribution in [3.8, 4) is 0 Å². The minimum Gasteiger partial charge on any atom is -0.294 e. The first-order chi connectivity index (χ1) is 11.1. The molecule has 1 aliphatic carbocycles. The van der Waals surface area contributed by atoms with Crippen molar-refractivity contribution in [2.75, 3.05) is 19.6 Å². The molecule has 124 valence electrons. The summed E-state index contributed by atoms with van der Waals surface area (Å²) >= 11 is 12.7. The average molecular weight is 354 g/mol. The molecule has 23 heavy (non-hydrogen) atoms. The number of hydrazone groups is 1. The van der Waals surface area contributed by atoms with Crippen molar-refractivity contribution in [1.82, 2.24) is 10.3 Å². The highest BCUT2D eigenvalue weighted by atomic mass is 35.5. The van der Waals surface area contributed by atoms with Gasteiger partial charge >= 0.3 is 0 Å². The lowest BCUT2D eigenvalue weighted by molar-refractivity contribution is -0.122. The van der Waals surface area contributed by atoms with Crippen LogP contribution in [0.4, 0.5) is 0 Å². The van der Waals surface area contributed by atoms with Gasteiger partial charge in [0, 0.05) is 18.1 Å². The van der Waals surface area contributed by atoms with Gasteiger partial charge in [0.25, 0.3) is 5.91 Å². The van der Waals surface area contributed by atoms with Gasteiger partial charge in [0.2, 0.25) is 0 Å². The van der Waals surface area contributed by atoms with Crippen LogP contribution in [0.25, 0.3) is 0 Å². The molecule has 1 heterocycles. The maximum Gasteiger partial charge on any atom is 0.254 e. The molecule has 4 nitrogen and oxygen atoms in total. The van der Waals surface area contributed by atoms with Crippen LogP contribution >= 0.6 is 23.2 Å². The predicted molar refractivity (Wildman–Crippen MR) is 94.0 cm³/mol. The number of halogens is 2. The Morgan fingerprint density at radius 2 is 1.96 bits per heavy atom. The van der Waals surface area contributed by atoms with E-state index in [2.05, 4.69) is 15.4 Å². The van der Waals surface area contributed by atoms with Gasteiger partial charge in [-0.3, -0.25) is 9.69 Å². The number of piperidine rings is 1. The lowest BCUT2D eigenvalue weighted by atomic mass is 10.1. The first-order valence-corrected chi connectivity index (χ1v) is 8.82. The Hall–Kier alpha value is -1.10. The third-order valence-corrected chi connectivity index (χ3v) is 5.48. The number of hydrogen-bond acceptors (Lipinski definition) is 3. The first kappa shape index (κ1) is 16.7. The average Bonchev–Trinajstić information content (AvgIpc) is 3.10. The molecular formula is C17H21Cl2N3O. The van der Waals surface area contributed by atoms with Gasteiger partial charge < -0.3 is 0 Å². The second-order valence-electron chi connectivity index (χ2n) is 6.24. The van der Waals surface area contributed by atoms with Crippen LogP contribution in [0.3, 0.4) is 0 Å². The molecule has 1 amide bonds. The normalized spacial score (nSPS) is 27.0. The number of likely N-dealkylation sites (tertiary alicyclic amines) is 1. The van der Waals surface area contributed by atoms with E-state index in [4.69, 9.17) is 23.2 Å². The van der Waals surface area contributed by atoms with Gasteiger partial charge in [0.05, 0.1) is 6.54 Å². The van der Waals surface area contributed by atoms with Crippen LogP contribution in [0.5, 0.6) is 0 Å². The molecule has 1 aromatic carbocycles. The van der Waals surface area contributed by atoms with E-state index in [1.807, 2.05) is 30.3 Å². The number of nitrogens with zero attached hydrogens (tertiary/aromatic N) is 2. The van der Waals surface area contributed by atoms with Crippen LogP contribution in [-0.4, -0.2) is 41.0 Å². The molecule has 2 unspecified atom stereocenters. The molecule has 1 saturated carbocycles. The Bertz CT molecular complexity index is 570. The second-order valence-corrected chi connectivity index (χ2v) is 7.68. The van der Waals surface area contributed by atoms with Crippen LogP contribution in [0.1, 0.15) is 30.7 Å². The molecule has 1 aliphatic heterocycles. The van der Waals surface area contributed by atoms with Crippen molar-refractivity contribution >= 4 is 35.3 Å². The first-order valence-electron chi connectivity index (χ1n) is 8.06. The highest BCUT2D eigenvalue weighted by Gasteiger charge is 2.63. The Morgan fingerprint density at radius 3 is 2.65 bits per heavy atom. The number of alkyl halides is 2. The predicted octanol–water partition coefficient (Wildman–Crippen LogP) is 3.16. The molecule has 2 aliphatic rings. The number of amides is 1. The summed E-state index contributed by atoms with van der Waals surface area (Å²) in [4.78, 5) is 14.1. The van der Waals surface area contributed by atoms with Crippen molar-refractivity contribution in [1.29, 1.82) is 0 Å². The lowest BCUT2D eigenvalue weighted by Crippen LogP contribution is -2.38. The summed E-state index contributed by atoms with van der Waals surface area (Å²) in [7, 11) is 0. The molecule has 6 heteroatoms. The molecule has 0 aromatic heterocycles. The lowest BCUT2D eigenvalue weighted by Gasteiger charge is -2.25. The van der Waals surface area contributed by atoms with Crippen molar-refractivity contribution in [3.63, 3.8) is 0 Å². The van der Waals surface area contributed by atoms with E-state index in [-0.39, 0.29) is 17.7 Å². The molecule has 0 bridgehead atoms. The van der Waals surface area contributed by atoms with E-state index in [1.54, 1.807) is 6.21 Å². The van der Waals surface area contributed by atoms with Crippen LogP contribution < -0.4 is 5.43 Å². The van der Waals surface area contributed by atoms with Gasteiger partial charge in [0.15, 0.2) is 0 Å². The van der Waals surface area contributed by atoms with Gasteiger partial charge in [-0.15, -0.1) is 23.2 Å². The fraction of sp³-hybridized carbons (Fsp3) is 0.529. The number of carbonyl (C=O) groups is 1.